The van der Waals surface area contributed by atoms with Crippen LogP contribution in [0.3, 0.4) is 0 Å². The first-order chi connectivity index (χ1) is 10.3. The summed E-state index contributed by atoms with van der Waals surface area (Å²) >= 11 is 5.55. The summed E-state index contributed by atoms with van der Waals surface area (Å²) in [6.07, 6.45) is 6.90. The topological polar surface area (TPSA) is 9.23 Å². The molecule has 0 bridgehead atoms. The van der Waals surface area contributed by atoms with Crippen molar-refractivity contribution >= 4 is 27.3 Å². The minimum Gasteiger partial charge on any atom is -0.496 e. The Bertz CT molecular complexity index is 569. The van der Waals surface area contributed by atoms with Crippen molar-refractivity contribution in [3.63, 3.8) is 0 Å². The third-order valence-electron chi connectivity index (χ3n) is 4.41. The van der Waals surface area contributed by atoms with Gasteiger partial charge in [-0.3, -0.25) is 0 Å². The van der Waals surface area contributed by atoms with Gasteiger partial charge in [0.15, 0.2) is 0 Å². The molecule has 0 radical (unpaired) electrons. The normalized spacial score (nSPS) is 17.6. The molecule has 1 heterocycles. The van der Waals surface area contributed by atoms with E-state index in [4.69, 9.17) is 4.74 Å². The van der Waals surface area contributed by atoms with E-state index in [0.29, 0.717) is 0 Å². The minimum atomic E-state index is 0.216. The first-order valence-corrected chi connectivity index (χ1v) is 9.44. The number of rotatable bonds is 4. The van der Waals surface area contributed by atoms with Crippen LogP contribution in [0.2, 0.25) is 0 Å². The van der Waals surface area contributed by atoms with Gasteiger partial charge < -0.3 is 4.74 Å². The van der Waals surface area contributed by atoms with Gasteiger partial charge in [-0.2, -0.15) is 0 Å². The van der Waals surface area contributed by atoms with E-state index in [1.54, 1.807) is 18.4 Å². The molecule has 2 aromatic rings. The number of methoxy groups -OCH3 is 1. The molecule has 0 N–H and O–H groups in total. The summed E-state index contributed by atoms with van der Waals surface area (Å²) in [6.45, 7) is 0. The zero-order valence-corrected chi connectivity index (χ0v) is 14.8. The lowest BCUT2D eigenvalue weighted by Gasteiger charge is -2.22. The molecule has 1 aliphatic rings. The Hall–Kier alpha value is -0.800. The average molecular weight is 365 g/mol. The lowest BCUT2D eigenvalue weighted by atomic mass is 9.84. The van der Waals surface area contributed by atoms with Gasteiger partial charge in [0.2, 0.25) is 0 Å². The second-order valence-corrected chi connectivity index (χ2v) is 7.58. The molecule has 0 aliphatic heterocycles. The zero-order chi connectivity index (χ0) is 14.7. The van der Waals surface area contributed by atoms with Gasteiger partial charge in [0.05, 0.1) is 16.8 Å². The molecule has 1 saturated carbocycles. The van der Waals surface area contributed by atoms with Crippen LogP contribution in [0.15, 0.2) is 35.7 Å². The molecule has 1 aliphatic carbocycles. The molecule has 0 spiro atoms. The van der Waals surface area contributed by atoms with Crippen LogP contribution in [-0.2, 0) is 0 Å². The van der Waals surface area contributed by atoms with Gasteiger partial charge in [-0.1, -0.05) is 59.5 Å². The van der Waals surface area contributed by atoms with Crippen LogP contribution >= 0.6 is 27.3 Å². The Balaban J connectivity index is 1.77. The highest BCUT2D eigenvalue weighted by atomic mass is 79.9. The van der Waals surface area contributed by atoms with Crippen molar-refractivity contribution in [2.75, 3.05) is 7.11 Å². The van der Waals surface area contributed by atoms with Crippen molar-refractivity contribution in [3.05, 3.63) is 51.7 Å². The second-order valence-electron chi connectivity index (χ2n) is 5.72. The first kappa shape index (κ1) is 15.1. The highest BCUT2D eigenvalue weighted by molar-refractivity contribution is 9.09. The van der Waals surface area contributed by atoms with Gasteiger partial charge in [0.25, 0.3) is 0 Å². The molecule has 0 saturated heterocycles. The van der Waals surface area contributed by atoms with Gasteiger partial charge in [-0.15, -0.1) is 11.3 Å². The summed E-state index contributed by atoms with van der Waals surface area (Å²) in [5.74, 6) is 1.75. The standard InChI is InChI=1S/C18H21BrOS/c1-20-16-11-12-21-18(16)17(19)15-9-7-14(8-10-15)13-5-3-2-4-6-13/h7-13,17H,2-6H2,1H3. The van der Waals surface area contributed by atoms with Crippen molar-refractivity contribution in [2.24, 2.45) is 0 Å². The molecule has 1 nitrogen and oxygen atoms in total. The van der Waals surface area contributed by atoms with Crippen molar-refractivity contribution in [1.82, 2.24) is 0 Å². The number of ether oxygens (including phenoxy) is 1. The Morgan fingerprint density at radius 2 is 1.81 bits per heavy atom. The maximum atomic E-state index is 5.43. The van der Waals surface area contributed by atoms with Gasteiger partial charge >= 0.3 is 0 Å². The average Bonchev–Trinajstić information content (AvgIpc) is 3.04. The van der Waals surface area contributed by atoms with E-state index in [2.05, 4.69) is 45.6 Å². The Morgan fingerprint density at radius 1 is 1.10 bits per heavy atom. The highest BCUT2D eigenvalue weighted by Crippen LogP contribution is 2.41. The summed E-state index contributed by atoms with van der Waals surface area (Å²) in [7, 11) is 1.73. The number of hydrogen-bond acceptors (Lipinski definition) is 2. The minimum absolute atomic E-state index is 0.216. The number of alkyl halides is 1. The van der Waals surface area contributed by atoms with E-state index in [0.717, 1.165) is 11.7 Å². The van der Waals surface area contributed by atoms with Crippen LogP contribution < -0.4 is 4.74 Å². The SMILES string of the molecule is COc1ccsc1C(Br)c1ccc(C2CCCCC2)cc1. The fraction of sp³-hybridized carbons (Fsp3) is 0.444. The van der Waals surface area contributed by atoms with Crippen molar-refractivity contribution < 1.29 is 4.74 Å². The van der Waals surface area contributed by atoms with Crippen molar-refractivity contribution in [1.29, 1.82) is 0 Å². The van der Waals surface area contributed by atoms with Crippen LogP contribution in [0.1, 0.15) is 58.9 Å². The van der Waals surface area contributed by atoms with Crippen molar-refractivity contribution in [3.8, 4) is 5.75 Å². The number of hydrogen-bond donors (Lipinski definition) is 0. The Labute approximate surface area is 139 Å². The third kappa shape index (κ3) is 3.35. The van der Waals surface area contributed by atoms with Crippen LogP contribution in [0.5, 0.6) is 5.75 Å². The lowest BCUT2D eigenvalue weighted by Crippen LogP contribution is -2.04. The second kappa shape index (κ2) is 6.97. The van der Waals surface area contributed by atoms with Crippen LogP contribution in [0.4, 0.5) is 0 Å². The molecule has 112 valence electrons. The van der Waals surface area contributed by atoms with E-state index in [1.807, 2.05) is 6.07 Å². The van der Waals surface area contributed by atoms with Crippen LogP contribution in [0, 0.1) is 0 Å². The van der Waals surface area contributed by atoms with Gasteiger partial charge in [-0.25, -0.2) is 0 Å². The van der Waals surface area contributed by atoms with Crippen molar-refractivity contribution in [2.45, 2.75) is 42.8 Å². The quantitative estimate of drug-likeness (QED) is 0.579. The molecule has 1 aromatic carbocycles. The summed E-state index contributed by atoms with van der Waals surface area (Å²) in [5, 5.41) is 2.08. The first-order valence-electron chi connectivity index (χ1n) is 7.65. The van der Waals surface area contributed by atoms with Gasteiger partial charge in [0.1, 0.15) is 5.75 Å². The molecule has 3 heteroatoms. The van der Waals surface area contributed by atoms with Gasteiger partial charge in [0, 0.05) is 0 Å². The molecule has 1 aromatic heterocycles. The molecule has 0 amide bonds. The molecule has 3 rings (SSSR count). The highest BCUT2D eigenvalue weighted by Gasteiger charge is 2.19. The molecule has 21 heavy (non-hydrogen) atoms. The molecule has 1 unspecified atom stereocenters. The number of benzene rings is 1. The summed E-state index contributed by atoms with van der Waals surface area (Å²) in [6, 6.07) is 11.2. The summed E-state index contributed by atoms with van der Waals surface area (Å²) < 4.78 is 5.43. The predicted octanol–water partition coefficient (Wildman–Crippen LogP) is 6.29. The lowest BCUT2D eigenvalue weighted by molar-refractivity contribution is 0.413. The van der Waals surface area contributed by atoms with E-state index in [1.165, 1.54) is 48.1 Å². The van der Waals surface area contributed by atoms with Crippen LogP contribution in [-0.4, -0.2) is 7.11 Å². The fourth-order valence-corrected chi connectivity index (χ4v) is 4.90. The molecule has 1 fully saturated rings. The van der Waals surface area contributed by atoms with Crippen LogP contribution in [0.25, 0.3) is 0 Å². The monoisotopic (exact) mass is 364 g/mol. The van der Waals surface area contributed by atoms with E-state index < -0.39 is 0 Å². The largest absolute Gasteiger partial charge is 0.496 e. The maximum Gasteiger partial charge on any atom is 0.134 e. The molecular formula is C18H21BrOS. The maximum absolute atomic E-state index is 5.43. The predicted molar refractivity (Wildman–Crippen MR) is 93.9 cm³/mol. The fourth-order valence-electron chi connectivity index (χ4n) is 3.19. The van der Waals surface area contributed by atoms with Gasteiger partial charge in [-0.05, 0) is 41.3 Å². The Morgan fingerprint density at radius 3 is 2.48 bits per heavy atom. The Kier molecular flexibility index (Phi) is 5.02. The molecular weight excluding hydrogens is 344 g/mol. The third-order valence-corrected chi connectivity index (χ3v) is 6.67. The van der Waals surface area contributed by atoms with E-state index in [-0.39, 0.29) is 4.83 Å². The number of thiophene rings is 1. The smallest absolute Gasteiger partial charge is 0.134 e. The van der Waals surface area contributed by atoms with E-state index >= 15 is 0 Å². The molecule has 1 atom stereocenters. The number of halogens is 1. The van der Waals surface area contributed by atoms with E-state index in [9.17, 15) is 0 Å². The summed E-state index contributed by atoms with van der Waals surface area (Å²) in [4.78, 5) is 1.45. The summed E-state index contributed by atoms with van der Waals surface area (Å²) in [5.41, 5.74) is 2.81. The zero-order valence-electron chi connectivity index (χ0n) is 12.3.